The molecule has 2 atom stereocenters. The highest BCUT2D eigenvalue weighted by atomic mass is 35.5. The molecule has 1 fully saturated rings. The molecule has 0 spiro atoms. The Morgan fingerprint density at radius 1 is 1.19 bits per heavy atom. The first-order chi connectivity index (χ1) is 12.5. The van der Waals surface area contributed by atoms with Crippen molar-refractivity contribution in [3.05, 3.63) is 59.5 Å². The molecular formula is C20H21ClN3O2+. The molecule has 4 rings (SSSR count). The highest BCUT2D eigenvalue weighted by Gasteiger charge is 2.33. The van der Waals surface area contributed by atoms with Gasteiger partial charge in [-0.05, 0) is 38.1 Å². The van der Waals surface area contributed by atoms with Crippen LogP contribution in [0.3, 0.4) is 0 Å². The van der Waals surface area contributed by atoms with Crippen LogP contribution in [0.1, 0.15) is 24.5 Å². The summed E-state index contributed by atoms with van der Waals surface area (Å²) in [5, 5.41) is 0.662. The number of hydrogen-bond donors (Lipinski definition) is 1. The number of benzene rings is 1. The Kier molecular flexibility index (Phi) is 4.42. The van der Waals surface area contributed by atoms with Crippen molar-refractivity contribution < 1.29 is 13.9 Å². The van der Waals surface area contributed by atoms with E-state index in [9.17, 15) is 4.79 Å². The number of nitrogens with one attached hydrogen (secondary N) is 1. The number of hydrogen-bond acceptors (Lipinski definition) is 2. The van der Waals surface area contributed by atoms with E-state index in [-0.39, 0.29) is 18.1 Å². The lowest BCUT2D eigenvalue weighted by Gasteiger charge is -2.34. The van der Waals surface area contributed by atoms with Gasteiger partial charge in [0.05, 0.1) is 18.4 Å². The molecule has 1 saturated heterocycles. The van der Waals surface area contributed by atoms with Gasteiger partial charge < -0.3 is 9.64 Å². The van der Waals surface area contributed by atoms with Crippen molar-refractivity contribution in [3.8, 4) is 11.3 Å². The number of amides is 1. The van der Waals surface area contributed by atoms with E-state index in [0.29, 0.717) is 23.9 Å². The van der Waals surface area contributed by atoms with Gasteiger partial charge in [-0.3, -0.25) is 4.79 Å². The van der Waals surface area contributed by atoms with Crippen LogP contribution in [0.2, 0.25) is 5.02 Å². The van der Waals surface area contributed by atoms with Crippen molar-refractivity contribution in [2.75, 3.05) is 13.1 Å². The fourth-order valence-electron chi connectivity index (χ4n) is 3.60. The van der Waals surface area contributed by atoms with Gasteiger partial charge in [0.25, 0.3) is 0 Å². The molecule has 2 aromatic heterocycles. The van der Waals surface area contributed by atoms with E-state index in [0.717, 1.165) is 16.8 Å². The van der Waals surface area contributed by atoms with Gasteiger partial charge in [-0.1, -0.05) is 29.8 Å². The maximum atomic E-state index is 13.2. The van der Waals surface area contributed by atoms with E-state index in [1.165, 1.54) is 0 Å². The standard InChI is InChI=1S/C20H20ClN3O2/c1-13-11-23(12-14(2)26-13)20(25)19-22-18(15-6-5-7-16(21)10-15)17-8-3-4-9-24(17)19/h3-10,13-14H,11-12H2,1-2H3/p+1. The lowest BCUT2D eigenvalue weighted by atomic mass is 10.1. The van der Waals surface area contributed by atoms with Crippen molar-refractivity contribution in [3.63, 3.8) is 0 Å². The first-order valence-electron chi connectivity index (χ1n) is 8.76. The van der Waals surface area contributed by atoms with E-state index in [1.807, 2.05) is 71.8 Å². The molecule has 3 aromatic rings. The summed E-state index contributed by atoms with van der Waals surface area (Å²) < 4.78 is 7.66. The third kappa shape index (κ3) is 3.08. The molecule has 2 unspecified atom stereocenters. The van der Waals surface area contributed by atoms with E-state index >= 15 is 0 Å². The van der Waals surface area contributed by atoms with E-state index in [4.69, 9.17) is 16.3 Å². The van der Waals surface area contributed by atoms with Crippen molar-refractivity contribution in [1.82, 2.24) is 9.88 Å². The second-order valence-electron chi connectivity index (χ2n) is 6.78. The van der Waals surface area contributed by atoms with Gasteiger partial charge in [0, 0.05) is 23.7 Å². The number of aromatic nitrogens is 2. The van der Waals surface area contributed by atoms with E-state index < -0.39 is 0 Å². The molecule has 0 aliphatic carbocycles. The number of morpholine rings is 1. The molecule has 1 N–H and O–H groups in total. The van der Waals surface area contributed by atoms with Crippen LogP contribution >= 0.6 is 11.6 Å². The van der Waals surface area contributed by atoms with Crippen LogP contribution < -0.4 is 4.40 Å². The van der Waals surface area contributed by atoms with Crippen molar-refractivity contribution in [2.24, 2.45) is 0 Å². The molecule has 1 aliphatic rings. The molecule has 6 heteroatoms. The highest BCUT2D eigenvalue weighted by molar-refractivity contribution is 6.30. The molecule has 5 nitrogen and oxygen atoms in total. The van der Waals surface area contributed by atoms with Gasteiger partial charge in [-0.15, -0.1) is 0 Å². The highest BCUT2D eigenvalue weighted by Crippen LogP contribution is 2.25. The third-order valence-corrected chi connectivity index (χ3v) is 4.86. The predicted molar refractivity (Wildman–Crippen MR) is 100 cm³/mol. The molecule has 3 heterocycles. The SMILES string of the molecule is CC1CN(C(=O)c2[nH]c(-c3cccc(Cl)c3)c3cccc[n+]23)CC(C)O1. The van der Waals surface area contributed by atoms with E-state index in [2.05, 4.69) is 4.98 Å². The van der Waals surface area contributed by atoms with E-state index in [1.54, 1.807) is 0 Å². The average Bonchev–Trinajstić information content (AvgIpc) is 3.00. The second kappa shape index (κ2) is 6.74. The zero-order chi connectivity index (χ0) is 18.3. The number of carbonyl (C=O) groups is 1. The Morgan fingerprint density at radius 2 is 1.96 bits per heavy atom. The van der Waals surface area contributed by atoms with Gasteiger partial charge in [-0.25, -0.2) is 4.98 Å². The summed E-state index contributed by atoms with van der Waals surface area (Å²) in [5.41, 5.74) is 2.77. The molecule has 1 amide bonds. The normalized spacial score (nSPS) is 20.5. The predicted octanol–water partition coefficient (Wildman–Crippen LogP) is 3.32. The van der Waals surface area contributed by atoms with Crippen LogP contribution in [0.15, 0.2) is 48.7 Å². The summed E-state index contributed by atoms with van der Waals surface area (Å²) in [6.45, 7) is 5.16. The van der Waals surface area contributed by atoms with Crippen LogP contribution in [0.4, 0.5) is 0 Å². The Morgan fingerprint density at radius 3 is 2.69 bits per heavy atom. The summed E-state index contributed by atoms with van der Waals surface area (Å²) in [5.74, 6) is 0.512. The Labute approximate surface area is 157 Å². The molecule has 1 aromatic carbocycles. The lowest BCUT2D eigenvalue weighted by Crippen LogP contribution is -2.50. The summed E-state index contributed by atoms with van der Waals surface area (Å²) in [7, 11) is 0. The number of aromatic amines is 1. The van der Waals surface area contributed by atoms with Gasteiger partial charge >= 0.3 is 11.7 Å². The van der Waals surface area contributed by atoms with Gasteiger partial charge in [0.2, 0.25) is 0 Å². The molecule has 134 valence electrons. The smallest absolute Gasteiger partial charge is 0.351 e. The number of H-pyrrole nitrogens is 1. The topological polar surface area (TPSA) is 49.4 Å². The fourth-order valence-corrected chi connectivity index (χ4v) is 3.79. The van der Waals surface area contributed by atoms with Crippen LogP contribution in [0, 0.1) is 0 Å². The van der Waals surface area contributed by atoms with Crippen LogP contribution in [-0.2, 0) is 4.74 Å². The minimum atomic E-state index is -0.0264. The first kappa shape index (κ1) is 17.1. The maximum Gasteiger partial charge on any atom is 0.351 e. The van der Waals surface area contributed by atoms with Crippen molar-refractivity contribution >= 4 is 23.0 Å². The molecule has 0 saturated carbocycles. The van der Waals surface area contributed by atoms with Crippen LogP contribution in [-0.4, -0.2) is 41.1 Å². The molecule has 0 radical (unpaired) electrons. The summed E-state index contributed by atoms with van der Waals surface area (Å²) in [6.07, 6.45) is 1.96. The summed E-state index contributed by atoms with van der Waals surface area (Å²) in [6, 6.07) is 13.5. The number of fused-ring (bicyclic) bond motifs is 1. The van der Waals surface area contributed by atoms with Crippen molar-refractivity contribution in [2.45, 2.75) is 26.1 Å². The number of halogens is 1. The lowest BCUT2D eigenvalue weighted by molar-refractivity contribution is -0.514. The average molecular weight is 371 g/mol. The number of nitrogens with zero attached hydrogens (tertiary/aromatic N) is 2. The minimum absolute atomic E-state index is 0.0264. The fraction of sp³-hybridized carbons (Fsp3) is 0.300. The molecule has 0 bridgehead atoms. The second-order valence-corrected chi connectivity index (χ2v) is 7.22. The largest absolute Gasteiger partial charge is 0.372 e. The Bertz CT molecular complexity index is 959. The zero-order valence-corrected chi connectivity index (χ0v) is 15.5. The van der Waals surface area contributed by atoms with Gasteiger partial charge in [-0.2, -0.15) is 4.40 Å². The zero-order valence-electron chi connectivity index (χ0n) is 14.8. The number of pyridine rings is 1. The first-order valence-corrected chi connectivity index (χ1v) is 9.14. The molecular weight excluding hydrogens is 350 g/mol. The van der Waals surface area contributed by atoms with Crippen molar-refractivity contribution in [1.29, 1.82) is 0 Å². The summed E-state index contributed by atoms with van der Waals surface area (Å²) in [4.78, 5) is 18.4. The van der Waals surface area contributed by atoms with Gasteiger partial charge in [0.15, 0.2) is 11.2 Å². The number of rotatable bonds is 2. The number of carbonyl (C=O) groups excluding carboxylic acids is 1. The van der Waals surface area contributed by atoms with Crippen LogP contribution in [0.5, 0.6) is 0 Å². The Balaban J connectivity index is 1.80. The summed E-state index contributed by atoms with van der Waals surface area (Å²) >= 11 is 6.16. The number of imidazole rings is 1. The molecule has 26 heavy (non-hydrogen) atoms. The van der Waals surface area contributed by atoms with Gasteiger partial charge in [0.1, 0.15) is 0 Å². The monoisotopic (exact) mass is 370 g/mol. The third-order valence-electron chi connectivity index (χ3n) is 4.62. The quantitative estimate of drug-likeness (QED) is 0.703. The minimum Gasteiger partial charge on any atom is -0.372 e. The number of ether oxygens (including phenoxy) is 1. The Hall–Kier alpha value is -2.37. The van der Waals surface area contributed by atoms with Crippen LogP contribution in [0.25, 0.3) is 16.8 Å². The maximum absolute atomic E-state index is 13.2. The molecule has 1 aliphatic heterocycles.